The number of likely N-dealkylation sites (tertiary alicyclic amines) is 3. The van der Waals surface area contributed by atoms with Crippen LogP contribution in [0.1, 0.15) is 88.5 Å². The van der Waals surface area contributed by atoms with Gasteiger partial charge in [0.25, 0.3) is 19.5 Å². The van der Waals surface area contributed by atoms with E-state index >= 15 is 0 Å². The summed E-state index contributed by atoms with van der Waals surface area (Å²) in [4.78, 5) is 85.0. The molecular weight excluding hydrogens is 913 g/mol. The van der Waals surface area contributed by atoms with E-state index in [0.717, 1.165) is 19.6 Å². The molecule has 0 saturated carbocycles. The highest BCUT2D eigenvalue weighted by atomic mass is 16.2. The maximum absolute atomic E-state index is 12.6. The lowest BCUT2D eigenvalue weighted by Crippen LogP contribution is -2.53. The first-order chi connectivity index (χ1) is 43.4. The molecule has 0 aromatic carbocycles. The second kappa shape index (κ2) is 22.9. The maximum Gasteiger partial charge on any atom is 0.302 e. The summed E-state index contributed by atoms with van der Waals surface area (Å²) >= 11 is 0. The third kappa shape index (κ3) is 11.5. The van der Waals surface area contributed by atoms with Crippen LogP contribution in [0.3, 0.4) is 0 Å². The van der Waals surface area contributed by atoms with Gasteiger partial charge in [-0.2, -0.15) is 0 Å². The fraction of sp³-hybridized carbons (Fsp3) is 0.529. The van der Waals surface area contributed by atoms with Crippen molar-refractivity contribution in [2.24, 2.45) is 17.7 Å². The van der Waals surface area contributed by atoms with Crippen LogP contribution in [0.2, 0.25) is 0 Å². The molecule has 6 aromatic heterocycles. The Bertz CT molecular complexity index is 4160. The molecular formula is C51H66N18O3. The topological polar surface area (TPSA) is 208 Å². The number of H-pyrrole nitrogens is 3. The summed E-state index contributed by atoms with van der Waals surface area (Å²) in [7, 11) is 4.18. The van der Waals surface area contributed by atoms with Gasteiger partial charge in [0.1, 0.15) is 65.6 Å². The smallest absolute Gasteiger partial charge is 0.302 e. The summed E-state index contributed by atoms with van der Waals surface area (Å²) < 4.78 is 187. The third-order valence-electron chi connectivity index (χ3n) is 12.1. The minimum atomic E-state index is -2.98. The van der Waals surface area contributed by atoms with Crippen LogP contribution in [0, 0.1) is 58.2 Å². The molecule has 21 nitrogen and oxygen atoms in total. The molecule has 3 saturated heterocycles. The zero-order valence-corrected chi connectivity index (χ0v) is 40.4. The molecule has 3 aliphatic rings. The second-order valence-electron chi connectivity index (χ2n) is 16.8. The Hall–Kier alpha value is -7.86. The van der Waals surface area contributed by atoms with Crippen molar-refractivity contribution in [3.8, 4) is 0 Å². The maximum atomic E-state index is 12.6. The van der Waals surface area contributed by atoms with Crippen LogP contribution in [-0.2, 0) is 14.4 Å². The van der Waals surface area contributed by atoms with Crippen molar-refractivity contribution in [2.45, 2.75) is 78.7 Å². The van der Waals surface area contributed by atoms with Gasteiger partial charge < -0.3 is 58.9 Å². The first-order valence-electron chi connectivity index (χ1n) is 33.6. The number of aromatic amines is 3. The van der Waals surface area contributed by atoms with E-state index < -0.39 is 119 Å². The lowest BCUT2D eigenvalue weighted by atomic mass is 9.92. The van der Waals surface area contributed by atoms with Crippen molar-refractivity contribution in [1.29, 1.82) is 0 Å². The van der Waals surface area contributed by atoms with Crippen LogP contribution in [-0.4, -0.2) is 175 Å². The molecule has 72 heavy (non-hydrogen) atoms. The van der Waals surface area contributed by atoms with Gasteiger partial charge in [0.15, 0.2) is 0 Å². The third-order valence-corrected chi connectivity index (χ3v) is 12.1. The van der Waals surface area contributed by atoms with E-state index in [4.69, 9.17) is 49.9 Å². The first-order valence-corrected chi connectivity index (χ1v) is 22.1. The standard InChI is InChI=1S/3C17H22N6O/c3*1-11-5-6-23(15(24)8-18-3)9-14(11)22(4)17-13-7-12(2)21-16(13)19-10-20-17/h3*7,10-11,14H,5-6,8-9H2,1-2,4H3,(H,19,20,21)/t3*11-,14+/m111/s1/i1D3,7D,8D2,10D,11D,14D;7D,8D2,10D,11D,14D;1D3,7D,8D2,10D,14D. The van der Waals surface area contributed by atoms with Gasteiger partial charge in [-0.1, -0.05) is 20.6 Å². The highest BCUT2D eigenvalue weighted by Gasteiger charge is 2.36. The van der Waals surface area contributed by atoms with Crippen molar-refractivity contribution in [1.82, 2.24) is 59.6 Å². The fourth-order valence-corrected chi connectivity index (χ4v) is 8.29. The zero-order chi connectivity index (χ0) is 72.0. The van der Waals surface area contributed by atoms with Crippen LogP contribution in [0.5, 0.6) is 0 Å². The summed E-state index contributed by atoms with van der Waals surface area (Å²) in [5.74, 6) is -8.58. The quantitative estimate of drug-likeness (QED) is 0.152. The second-order valence-corrected chi connectivity index (χ2v) is 16.8. The highest BCUT2D eigenvalue weighted by Crippen LogP contribution is 2.32. The van der Waals surface area contributed by atoms with E-state index in [-0.39, 0.29) is 109 Å². The number of likely N-dealkylation sites (N-methyl/N-ethyl adjacent to an activating group) is 3. The lowest BCUT2D eigenvalue weighted by Gasteiger charge is -2.41. The van der Waals surface area contributed by atoms with E-state index in [1.165, 1.54) is 30.9 Å². The van der Waals surface area contributed by atoms with E-state index in [0.29, 0.717) is 22.5 Å². The van der Waals surface area contributed by atoms with Gasteiger partial charge in [-0.05, 0) is 75.9 Å². The summed E-state index contributed by atoms with van der Waals surface area (Å²) in [6.45, 7) is 11.2. The van der Waals surface area contributed by atoms with E-state index in [2.05, 4.69) is 59.4 Å². The molecule has 0 bridgehead atoms. The number of carbonyl (C=O) groups excluding carboxylic acids is 3. The molecule has 3 aliphatic heterocycles. The van der Waals surface area contributed by atoms with Gasteiger partial charge in [-0.25, -0.2) is 49.6 Å². The van der Waals surface area contributed by atoms with Crippen molar-refractivity contribution in [3.63, 3.8) is 0 Å². The molecule has 6 atom stereocenters. The normalized spacial score (nSPS) is 31.5. The van der Waals surface area contributed by atoms with Gasteiger partial charge in [0, 0.05) is 88.5 Å². The monoisotopic (exact) mass is 1000 g/mol. The molecule has 3 amide bonds. The van der Waals surface area contributed by atoms with Crippen LogP contribution < -0.4 is 14.7 Å². The highest BCUT2D eigenvalue weighted by molar-refractivity contribution is 5.90. The number of hydrogen-bond acceptors (Lipinski definition) is 12. The Morgan fingerprint density at radius 1 is 0.611 bits per heavy atom. The Balaban J connectivity index is 0.000000202. The fourth-order valence-electron chi connectivity index (χ4n) is 8.29. The van der Waals surface area contributed by atoms with E-state index in [9.17, 15) is 15.8 Å². The number of aryl methyl sites for hydroxylation is 3. The first kappa shape index (κ1) is 29.5. The van der Waals surface area contributed by atoms with Crippen molar-refractivity contribution in [2.75, 3.05) is 94.6 Å². The molecule has 3 fully saturated rings. The summed E-state index contributed by atoms with van der Waals surface area (Å²) in [6.07, 6.45) is -1.75. The van der Waals surface area contributed by atoms with Crippen molar-refractivity contribution < 1.29 is 45.9 Å². The predicted molar refractivity (Wildman–Crippen MR) is 278 cm³/mol. The molecule has 3 N–H and O–H groups in total. The Kier molecular flexibility index (Phi) is 9.38. The SMILES string of the molecule is [2H]c1nc(N(C)[C@@]2([2H])CN(C(=O)C([2H])([2H])[N+]#[C-])CC[C@@]2([2H])C([2H])([2H])[2H])c2c([2H])c(C)[nH]c2n1.[2H]c1nc(N(C)[C@@]2([2H])CN(C(=O)C([2H])([2H])[N+]#[C-])CC[C@@]2([2H])C)c2c([2H])c(C)[nH]c2n1.[2H]c1nc(N(C)[C@@]2([2H])CN(C(=O)C([2H])([2H])[N+]#[C-])CC[C@H]2C([2H])([2H])[2H])c2c([2H])c(C)[nH]c2n1. The number of nitrogens with one attached hydrogen (secondary N) is 3. The van der Waals surface area contributed by atoms with Crippen LogP contribution in [0.25, 0.3) is 47.6 Å². The number of amides is 3. The van der Waals surface area contributed by atoms with Gasteiger partial charge in [-0.15, -0.1) is 0 Å². The van der Waals surface area contributed by atoms with Crippen LogP contribution >= 0.6 is 0 Å². The summed E-state index contributed by atoms with van der Waals surface area (Å²) in [6, 6.07) is -6.10. The molecule has 0 unspecified atom stereocenters. The molecule has 0 radical (unpaired) electrons. The molecule has 0 aliphatic carbocycles. The molecule has 9 heterocycles. The average molecular weight is 1000 g/mol. The van der Waals surface area contributed by atoms with Crippen molar-refractivity contribution in [3.05, 3.63) is 88.4 Å². The summed E-state index contributed by atoms with van der Waals surface area (Å²) in [5, 5.41) is 0.621. The molecule has 6 aromatic rings. The zero-order valence-electron chi connectivity index (χ0n) is 63.4. The molecule has 0 spiro atoms. The average Bonchev–Trinajstić information content (AvgIpc) is 1.30. The Morgan fingerprint density at radius 3 is 1.33 bits per heavy atom. The van der Waals surface area contributed by atoms with Crippen LogP contribution in [0.4, 0.5) is 17.5 Å². The lowest BCUT2D eigenvalue weighted by molar-refractivity contribution is -0.131. The number of carbonyl (C=O) groups is 3. The molecule has 21 heteroatoms. The van der Waals surface area contributed by atoms with Crippen molar-refractivity contribution >= 4 is 68.3 Å². The minimum absolute atomic E-state index is 0.0129. The van der Waals surface area contributed by atoms with E-state index in [1.54, 1.807) is 27.7 Å². The van der Waals surface area contributed by atoms with Gasteiger partial charge in [0.05, 0.1) is 42.4 Å². The molecule has 378 valence electrons. The van der Waals surface area contributed by atoms with E-state index in [1.807, 2.05) is 0 Å². The Morgan fingerprint density at radius 2 is 0.958 bits per heavy atom. The number of anilines is 3. The minimum Gasteiger partial charge on any atom is -0.354 e. The number of aromatic nitrogens is 9. The Labute approximate surface area is 453 Å². The number of fused-ring (bicyclic) bond motifs is 3. The predicted octanol–water partition coefficient (Wildman–Crippen LogP) is 5.58. The van der Waals surface area contributed by atoms with Gasteiger partial charge in [-0.3, -0.25) is 14.4 Å². The number of rotatable bonds is 9. The van der Waals surface area contributed by atoms with Gasteiger partial charge >= 0.3 is 17.7 Å². The largest absolute Gasteiger partial charge is 0.354 e. The summed E-state index contributed by atoms with van der Waals surface area (Å²) in [5.41, 5.74) is 1.95. The van der Waals surface area contributed by atoms with Crippen LogP contribution in [0.15, 0.2) is 37.0 Å². The number of piperidine rings is 3. The van der Waals surface area contributed by atoms with Gasteiger partial charge in [0.2, 0.25) is 0 Å². The number of nitrogens with zero attached hydrogens (tertiary/aromatic N) is 15. The number of hydrogen-bond donors (Lipinski definition) is 3. The molecule has 9 rings (SSSR count).